The third-order valence-electron chi connectivity index (χ3n) is 7.88. The third kappa shape index (κ3) is 3.22. The van der Waals surface area contributed by atoms with Crippen LogP contribution in [-0.2, 0) is 23.9 Å². The predicted molar refractivity (Wildman–Crippen MR) is 102 cm³/mol. The van der Waals surface area contributed by atoms with Crippen LogP contribution in [0.4, 0.5) is 0 Å². The van der Waals surface area contributed by atoms with E-state index in [0.717, 1.165) is 18.4 Å². The highest BCUT2D eigenvalue weighted by molar-refractivity contribution is 5.66. The van der Waals surface area contributed by atoms with Gasteiger partial charge in [0, 0.05) is 12.8 Å². The van der Waals surface area contributed by atoms with Crippen LogP contribution < -0.4 is 0 Å². The van der Waals surface area contributed by atoms with Crippen LogP contribution in [0.3, 0.4) is 0 Å². The van der Waals surface area contributed by atoms with E-state index in [1.807, 2.05) is 0 Å². The molecule has 0 aromatic rings. The number of rotatable bonds is 2. The van der Waals surface area contributed by atoms with Gasteiger partial charge in [0.05, 0.1) is 24.4 Å². The first-order valence-corrected chi connectivity index (χ1v) is 10.7. The van der Waals surface area contributed by atoms with Crippen molar-refractivity contribution >= 4 is 5.97 Å². The molecule has 6 nitrogen and oxygen atoms in total. The molecule has 10 atom stereocenters. The fourth-order valence-corrected chi connectivity index (χ4v) is 6.47. The molecule has 4 aliphatic rings. The van der Waals surface area contributed by atoms with Crippen LogP contribution in [0.25, 0.3) is 0 Å². The molecule has 4 fully saturated rings. The maximum absolute atomic E-state index is 11.9. The van der Waals surface area contributed by atoms with E-state index in [4.69, 9.17) is 19.1 Å². The zero-order valence-electron chi connectivity index (χ0n) is 17.4. The largest absolute Gasteiger partial charge is 0.462 e. The first-order chi connectivity index (χ1) is 13.2. The summed E-state index contributed by atoms with van der Waals surface area (Å²) in [6.45, 7) is 13.0. The first-order valence-electron chi connectivity index (χ1n) is 10.7. The zero-order valence-corrected chi connectivity index (χ0v) is 17.4. The molecule has 0 radical (unpaired) electrons. The lowest BCUT2D eigenvalue weighted by molar-refractivity contribution is -0.272. The summed E-state index contributed by atoms with van der Waals surface area (Å²) >= 11 is 0. The Bertz CT molecular complexity index is 635. The monoisotopic (exact) mass is 394 g/mol. The lowest BCUT2D eigenvalue weighted by Gasteiger charge is -2.46. The summed E-state index contributed by atoms with van der Waals surface area (Å²) in [6.07, 6.45) is 2.26. The number of hydrogen-bond acceptors (Lipinski definition) is 6. The van der Waals surface area contributed by atoms with E-state index in [0.29, 0.717) is 37.2 Å². The van der Waals surface area contributed by atoms with Gasteiger partial charge in [-0.2, -0.15) is 0 Å². The molecule has 0 aromatic heterocycles. The van der Waals surface area contributed by atoms with Crippen molar-refractivity contribution in [2.75, 3.05) is 6.61 Å². The molecule has 158 valence electrons. The van der Waals surface area contributed by atoms with E-state index >= 15 is 0 Å². The molecule has 0 spiro atoms. The molecule has 3 unspecified atom stereocenters. The van der Waals surface area contributed by atoms with Crippen LogP contribution in [0.15, 0.2) is 12.2 Å². The molecule has 0 aromatic carbocycles. The normalized spacial score (nSPS) is 50.9. The lowest BCUT2D eigenvalue weighted by atomic mass is 9.59. The van der Waals surface area contributed by atoms with Crippen molar-refractivity contribution in [3.8, 4) is 0 Å². The maximum atomic E-state index is 11.9. The third-order valence-corrected chi connectivity index (χ3v) is 7.88. The number of esters is 1. The van der Waals surface area contributed by atoms with Crippen molar-refractivity contribution in [3.63, 3.8) is 0 Å². The van der Waals surface area contributed by atoms with Gasteiger partial charge in [-0.3, -0.25) is 10.1 Å². The van der Waals surface area contributed by atoms with Gasteiger partial charge in [0.25, 0.3) is 0 Å². The van der Waals surface area contributed by atoms with Crippen LogP contribution in [0.1, 0.15) is 53.4 Å². The van der Waals surface area contributed by atoms with Gasteiger partial charge < -0.3 is 14.2 Å². The van der Waals surface area contributed by atoms with Crippen LogP contribution in [0.5, 0.6) is 0 Å². The number of fused-ring (bicyclic) bond motifs is 2. The van der Waals surface area contributed by atoms with Gasteiger partial charge in [0.2, 0.25) is 0 Å². The fraction of sp³-hybridized carbons (Fsp3) is 0.864. The van der Waals surface area contributed by atoms with Crippen molar-refractivity contribution < 1.29 is 29.1 Å². The Kier molecular flexibility index (Phi) is 5.36. The van der Waals surface area contributed by atoms with Crippen molar-refractivity contribution in [1.82, 2.24) is 0 Å². The molecule has 3 heterocycles. The Morgan fingerprint density at radius 1 is 1.29 bits per heavy atom. The second-order valence-electron chi connectivity index (χ2n) is 9.80. The molecule has 4 rings (SSSR count). The van der Waals surface area contributed by atoms with E-state index in [-0.39, 0.29) is 36.1 Å². The van der Waals surface area contributed by atoms with E-state index in [1.165, 1.54) is 6.92 Å². The summed E-state index contributed by atoms with van der Waals surface area (Å²) < 4.78 is 19.1. The highest BCUT2D eigenvalue weighted by Gasteiger charge is 2.63. The molecule has 1 saturated carbocycles. The standard InChI is InChI=1S/C22H34O6/c1-11-9-17-19-18-15(8-12(2)20(19)26-14(4)23)13(3)10-25-22(5,21(18)27-17)7-6-16(11)28-24/h12-13,15-21,24H,1,6-10H2,2-5H3/t12-,13+,15?,16-,17?,18+,19+,20-,21?,22+/m1/s1. The number of hydrogen-bond donors (Lipinski definition) is 1. The SMILES string of the molecule is C=C1CC2OC3[C@H]4C(C[C@@H](C)[C@@H](OC(C)=O)[C@@H]24)[C@@H](C)CO[C@@]3(C)CC[C@H]1OO. The highest BCUT2D eigenvalue weighted by Crippen LogP contribution is 2.57. The average molecular weight is 395 g/mol. The fourth-order valence-electron chi connectivity index (χ4n) is 6.47. The summed E-state index contributed by atoms with van der Waals surface area (Å²) in [6, 6.07) is 0. The summed E-state index contributed by atoms with van der Waals surface area (Å²) in [7, 11) is 0. The van der Waals surface area contributed by atoms with Crippen LogP contribution in [0, 0.1) is 29.6 Å². The van der Waals surface area contributed by atoms with Gasteiger partial charge in [-0.25, -0.2) is 4.89 Å². The van der Waals surface area contributed by atoms with Crippen molar-refractivity contribution in [2.24, 2.45) is 29.6 Å². The maximum Gasteiger partial charge on any atom is 0.302 e. The van der Waals surface area contributed by atoms with E-state index in [1.54, 1.807) is 0 Å². The minimum Gasteiger partial charge on any atom is -0.462 e. The topological polar surface area (TPSA) is 74.2 Å². The smallest absolute Gasteiger partial charge is 0.302 e. The van der Waals surface area contributed by atoms with E-state index in [9.17, 15) is 10.1 Å². The van der Waals surface area contributed by atoms with Gasteiger partial charge in [0.15, 0.2) is 0 Å². The molecule has 6 heteroatoms. The Morgan fingerprint density at radius 3 is 2.71 bits per heavy atom. The summed E-state index contributed by atoms with van der Waals surface area (Å²) in [5.74, 6) is 1.36. The Balaban J connectivity index is 1.78. The molecule has 3 aliphatic heterocycles. The molecule has 1 aliphatic carbocycles. The number of carbonyl (C=O) groups is 1. The zero-order chi connectivity index (χ0) is 20.2. The molecule has 1 N–H and O–H groups in total. The van der Waals surface area contributed by atoms with Crippen LogP contribution >= 0.6 is 0 Å². The van der Waals surface area contributed by atoms with Gasteiger partial charge >= 0.3 is 5.97 Å². The van der Waals surface area contributed by atoms with Crippen molar-refractivity contribution in [2.45, 2.75) is 83.4 Å². The van der Waals surface area contributed by atoms with Gasteiger partial charge in [-0.05, 0) is 61.9 Å². The van der Waals surface area contributed by atoms with Crippen molar-refractivity contribution in [1.29, 1.82) is 0 Å². The Labute approximate surface area is 167 Å². The van der Waals surface area contributed by atoms with E-state index < -0.39 is 11.7 Å². The Morgan fingerprint density at radius 2 is 2.04 bits per heavy atom. The number of ether oxygens (including phenoxy) is 3. The number of carbonyl (C=O) groups excluding carboxylic acids is 1. The van der Waals surface area contributed by atoms with Crippen molar-refractivity contribution in [3.05, 3.63) is 12.2 Å². The predicted octanol–water partition coefficient (Wildman–Crippen LogP) is 3.60. The van der Waals surface area contributed by atoms with Gasteiger partial charge in [-0.1, -0.05) is 20.4 Å². The quantitative estimate of drug-likeness (QED) is 0.334. The van der Waals surface area contributed by atoms with Gasteiger partial charge in [0.1, 0.15) is 12.2 Å². The van der Waals surface area contributed by atoms with Gasteiger partial charge in [-0.15, -0.1) is 0 Å². The Hall–Kier alpha value is -0.950. The summed E-state index contributed by atoms with van der Waals surface area (Å²) in [4.78, 5) is 16.6. The highest BCUT2D eigenvalue weighted by atomic mass is 17.1. The average Bonchev–Trinajstić information content (AvgIpc) is 2.99. The first kappa shape index (κ1) is 20.3. The molecule has 3 saturated heterocycles. The molecule has 0 amide bonds. The molecular formula is C22H34O6. The molecule has 28 heavy (non-hydrogen) atoms. The van der Waals surface area contributed by atoms with Crippen LogP contribution in [-0.4, -0.2) is 47.9 Å². The minimum atomic E-state index is -0.455. The summed E-state index contributed by atoms with van der Waals surface area (Å²) in [5, 5.41) is 9.42. The lowest BCUT2D eigenvalue weighted by Crippen LogP contribution is -2.52. The molecule has 2 bridgehead atoms. The van der Waals surface area contributed by atoms with Crippen LogP contribution in [0.2, 0.25) is 0 Å². The second kappa shape index (κ2) is 7.38. The second-order valence-corrected chi connectivity index (χ2v) is 9.80. The minimum absolute atomic E-state index is 0.0479. The molecular weight excluding hydrogens is 360 g/mol. The van der Waals surface area contributed by atoms with E-state index in [2.05, 4.69) is 27.4 Å². The summed E-state index contributed by atoms with van der Waals surface area (Å²) in [5.41, 5.74) is 0.378.